The SMILES string of the molecule is N#Cc1cc(F)ccc1NC(=O)CCC1CCCO1. The number of carbonyl (C=O) groups is 1. The third kappa shape index (κ3) is 3.76. The Morgan fingerprint density at radius 2 is 2.42 bits per heavy atom. The van der Waals surface area contributed by atoms with Gasteiger partial charge in [-0.1, -0.05) is 0 Å². The van der Waals surface area contributed by atoms with Gasteiger partial charge in [0.25, 0.3) is 0 Å². The summed E-state index contributed by atoms with van der Waals surface area (Å²) in [5.74, 6) is -0.674. The topological polar surface area (TPSA) is 62.1 Å². The van der Waals surface area contributed by atoms with E-state index in [1.807, 2.05) is 6.07 Å². The molecule has 1 aliphatic rings. The lowest BCUT2D eigenvalue weighted by Crippen LogP contribution is -2.15. The molecule has 0 spiro atoms. The molecule has 1 saturated heterocycles. The van der Waals surface area contributed by atoms with Gasteiger partial charge >= 0.3 is 0 Å². The number of nitrogens with one attached hydrogen (secondary N) is 1. The summed E-state index contributed by atoms with van der Waals surface area (Å²) >= 11 is 0. The van der Waals surface area contributed by atoms with Crippen molar-refractivity contribution < 1.29 is 13.9 Å². The van der Waals surface area contributed by atoms with Crippen LogP contribution in [-0.4, -0.2) is 18.6 Å². The minimum Gasteiger partial charge on any atom is -0.378 e. The molecule has 1 amide bonds. The Balaban J connectivity index is 1.89. The maximum Gasteiger partial charge on any atom is 0.224 e. The first kappa shape index (κ1) is 13.5. The highest BCUT2D eigenvalue weighted by Gasteiger charge is 2.17. The number of rotatable bonds is 4. The number of hydrogen-bond acceptors (Lipinski definition) is 3. The molecule has 5 heteroatoms. The van der Waals surface area contributed by atoms with Crippen LogP contribution in [0.3, 0.4) is 0 Å². The van der Waals surface area contributed by atoms with Gasteiger partial charge in [0.1, 0.15) is 11.9 Å². The van der Waals surface area contributed by atoms with Crippen LogP contribution in [0.25, 0.3) is 0 Å². The summed E-state index contributed by atoms with van der Waals surface area (Å²) in [4.78, 5) is 11.8. The molecule has 0 saturated carbocycles. The predicted molar refractivity (Wildman–Crippen MR) is 68.0 cm³/mol. The van der Waals surface area contributed by atoms with Crippen molar-refractivity contribution in [2.75, 3.05) is 11.9 Å². The van der Waals surface area contributed by atoms with Gasteiger partial charge in [0.15, 0.2) is 0 Å². The zero-order valence-corrected chi connectivity index (χ0v) is 10.5. The number of benzene rings is 1. The zero-order valence-electron chi connectivity index (χ0n) is 10.5. The van der Waals surface area contributed by atoms with Gasteiger partial charge in [0.2, 0.25) is 5.91 Å². The predicted octanol–water partition coefficient (Wildman–Crippen LogP) is 2.60. The van der Waals surface area contributed by atoms with Gasteiger partial charge in [-0.15, -0.1) is 0 Å². The summed E-state index contributed by atoms with van der Waals surface area (Å²) < 4.78 is 18.4. The van der Waals surface area contributed by atoms with E-state index < -0.39 is 5.82 Å². The van der Waals surface area contributed by atoms with E-state index in [9.17, 15) is 9.18 Å². The molecule has 0 aromatic heterocycles. The maximum atomic E-state index is 12.9. The molecule has 1 aromatic carbocycles. The molecule has 100 valence electrons. The van der Waals surface area contributed by atoms with Gasteiger partial charge in [0.05, 0.1) is 17.4 Å². The Bertz CT molecular complexity index is 505. The number of hydrogen-bond donors (Lipinski definition) is 1. The second kappa shape index (κ2) is 6.30. The van der Waals surface area contributed by atoms with Crippen molar-refractivity contribution in [3.8, 4) is 6.07 Å². The fourth-order valence-corrected chi connectivity index (χ4v) is 2.09. The number of nitrogens with zero attached hydrogens (tertiary/aromatic N) is 1. The van der Waals surface area contributed by atoms with Crippen LogP contribution in [0.5, 0.6) is 0 Å². The summed E-state index contributed by atoms with van der Waals surface area (Å²) in [7, 11) is 0. The smallest absolute Gasteiger partial charge is 0.224 e. The molecule has 4 nitrogen and oxygen atoms in total. The standard InChI is InChI=1S/C14H15FN2O2/c15-11-3-5-13(10(8-11)9-16)17-14(18)6-4-12-2-1-7-19-12/h3,5,8,12H,1-2,4,6-7H2,(H,17,18). The van der Waals surface area contributed by atoms with Crippen LogP contribution in [0.4, 0.5) is 10.1 Å². The van der Waals surface area contributed by atoms with Gasteiger partial charge < -0.3 is 10.1 Å². The van der Waals surface area contributed by atoms with Crippen molar-refractivity contribution >= 4 is 11.6 Å². The van der Waals surface area contributed by atoms with Crippen molar-refractivity contribution in [2.24, 2.45) is 0 Å². The summed E-state index contributed by atoms with van der Waals surface area (Å²) in [5, 5.41) is 11.5. The van der Waals surface area contributed by atoms with Gasteiger partial charge in [-0.3, -0.25) is 4.79 Å². The molecule has 2 rings (SSSR count). The van der Waals surface area contributed by atoms with Crippen LogP contribution in [0, 0.1) is 17.1 Å². The lowest BCUT2D eigenvalue weighted by Gasteiger charge is -2.10. The monoisotopic (exact) mass is 262 g/mol. The van der Waals surface area contributed by atoms with E-state index >= 15 is 0 Å². The first-order valence-corrected chi connectivity index (χ1v) is 6.30. The summed E-state index contributed by atoms with van der Waals surface area (Å²) in [5.41, 5.74) is 0.478. The Morgan fingerprint density at radius 3 is 3.11 bits per heavy atom. The molecule has 1 aromatic rings. The van der Waals surface area contributed by atoms with E-state index in [-0.39, 0.29) is 17.6 Å². The Labute approximate surface area is 111 Å². The number of amides is 1. The second-order valence-corrected chi connectivity index (χ2v) is 4.52. The lowest BCUT2D eigenvalue weighted by atomic mass is 10.1. The van der Waals surface area contributed by atoms with Gasteiger partial charge in [-0.25, -0.2) is 4.39 Å². The minimum atomic E-state index is -0.492. The van der Waals surface area contributed by atoms with E-state index in [1.54, 1.807) is 0 Å². The van der Waals surface area contributed by atoms with Crippen LogP contribution in [0.15, 0.2) is 18.2 Å². The van der Waals surface area contributed by atoms with E-state index in [2.05, 4.69) is 5.32 Å². The molecule has 1 fully saturated rings. The first-order chi connectivity index (χ1) is 9.19. The van der Waals surface area contributed by atoms with Gasteiger partial charge in [0, 0.05) is 13.0 Å². The highest BCUT2D eigenvalue weighted by atomic mass is 19.1. The Hall–Kier alpha value is -1.93. The normalized spacial score (nSPS) is 18.0. The van der Waals surface area contributed by atoms with Crippen molar-refractivity contribution in [1.82, 2.24) is 0 Å². The lowest BCUT2D eigenvalue weighted by molar-refractivity contribution is -0.116. The van der Waals surface area contributed by atoms with Gasteiger partial charge in [-0.05, 0) is 37.5 Å². The van der Waals surface area contributed by atoms with Crippen LogP contribution in [0.2, 0.25) is 0 Å². The van der Waals surface area contributed by atoms with Crippen LogP contribution >= 0.6 is 0 Å². The highest BCUT2D eigenvalue weighted by molar-refractivity contribution is 5.92. The highest BCUT2D eigenvalue weighted by Crippen LogP contribution is 2.19. The molecule has 19 heavy (non-hydrogen) atoms. The number of halogens is 1. The number of nitriles is 1. The molecule has 0 bridgehead atoms. The van der Waals surface area contributed by atoms with Crippen molar-refractivity contribution in [1.29, 1.82) is 5.26 Å². The molecule has 1 atom stereocenters. The Morgan fingerprint density at radius 1 is 1.58 bits per heavy atom. The summed E-state index contributed by atoms with van der Waals surface area (Å²) in [6.45, 7) is 0.767. The Kier molecular flexibility index (Phi) is 4.48. The van der Waals surface area contributed by atoms with E-state index in [1.165, 1.54) is 12.1 Å². The molecule has 0 aliphatic carbocycles. The largest absolute Gasteiger partial charge is 0.378 e. The van der Waals surface area contributed by atoms with Crippen LogP contribution in [0.1, 0.15) is 31.2 Å². The molecule has 0 radical (unpaired) electrons. The number of ether oxygens (including phenoxy) is 1. The fraction of sp³-hybridized carbons (Fsp3) is 0.429. The molecular weight excluding hydrogens is 247 g/mol. The summed E-state index contributed by atoms with van der Waals surface area (Å²) in [6, 6.07) is 5.59. The quantitative estimate of drug-likeness (QED) is 0.907. The number of anilines is 1. The molecule has 1 unspecified atom stereocenters. The van der Waals surface area contributed by atoms with Crippen LogP contribution in [-0.2, 0) is 9.53 Å². The minimum absolute atomic E-state index is 0.130. The van der Waals surface area contributed by atoms with Crippen molar-refractivity contribution in [3.63, 3.8) is 0 Å². The molecule has 1 heterocycles. The fourth-order valence-electron chi connectivity index (χ4n) is 2.09. The average molecular weight is 262 g/mol. The molecule has 1 N–H and O–H groups in total. The first-order valence-electron chi connectivity index (χ1n) is 6.30. The second-order valence-electron chi connectivity index (χ2n) is 4.52. The molecular formula is C14H15FN2O2. The van der Waals surface area contributed by atoms with E-state index in [0.29, 0.717) is 18.5 Å². The zero-order chi connectivity index (χ0) is 13.7. The third-order valence-electron chi connectivity index (χ3n) is 3.09. The van der Waals surface area contributed by atoms with E-state index in [4.69, 9.17) is 10.00 Å². The van der Waals surface area contributed by atoms with Gasteiger partial charge in [-0.2, -0.15) is 5.26 Å². The van der Waals surface area contributed by atoms with Crippen molar-refractivity contribution in [3.05, 3.63) is 29.6 Å². The van der Waals surface area contributed by atoms with Crippen molar-refractivity contribution in [2.45, 2.75) is 31.8 Å². The maximum absolute atomic E-state index is 12.9. The number of carbonyl (C=O) groups excluding carboxylic acids is 1. The molecule has 1 aliphatic heterocycles. The third-order valence-corrected chi connectivity index (χ3v) is 3.09. The van der Waals surface area contributed by atoms with E-state index in [0.717, 1.165) is 25.5 Å². The summed E-state index contributed by atoms with van der Waals surface area (Å²) in [6.07, 6.45) is 3.21. The van der Waals surface area contributed by atoms with Crippen LogP contribution < -0.4 is 5.32 Å². The average Bonchev–Trinajstić information content (AvgIpc) is 2.91.